The van der Waals surface area contributed by atoms with Gasteiger partial charge in [-0.1, -0.05) is 37.0 Å². The van der Waals surface area contributed by atoms with Gasteiger partial charge in [-0.3, -0.25) is 19.7 Å². The van der Waals surface area contributed by atoms with Crippen molar-refractivity contribution >= 4 is 46.3 Å². The highest BCUT2D eigenvalue weighted by Gasteiger charge is 2.19. The van der Waals surface area contributed by atoms with Gasteiger partial charge in [0.25, 0.3) is 11.6 Å². The Hall–Kier alpha value is -3.36. The quantitative estimate of drug-likeness (QED) is 0.257. The molecule has 3 aromatic rings. The van der Waals surface area contributed by atoms with Gasteiger partial charge in [0.1, 0.15) is 17.8 Å². The zero-order chi connectivity index (χ0) is 23.3. The number of nitrogens with one attached hydrogen (secondary N) is 1. The maximum Gasteiger partial charge on any atom is 0.271 e. The van der Waals surface area contributed by atoms with Gasteiger partial charge in [-0.05, 0) is 31.2 Å². The third-order valence-electron chi connectivity index (χ3n) is 4.01. The number of halogens is 2. The zero-order valence-corrected chi connectivity index (χ0v) is 18.2. The normalized spacial score (nSPS) is 10.1. The summed E-state index contributed by atoms with van der Waals surface area (Å²) in [5, 5.41) is 23.6. The van der Waals surface area contributed by atoms with Crippen LogP contribution in [0.25, 0.3) is 11.3 Å². The molecule has 0 aliphatic rings. The summed E-state index contributed by atoms with van der Waals surface area (Å²) in [4.78, 5) is 34.1. The number of non-ortho nitro benzene ring substituents is 1. The lowest BCUT2D eigenvalue weighted by Gasteiger charge is -2.10. The summed E-state index contributed by atoms with van der Waals surface area (Å²) in [7, 11) is 0. The van der Waals surface area contributed by atoms with Crippen LogP contribution in [0.4, 0.5) is 11.4 Å². The van der Waals surface area contributed by atoms with E-state index < -0.39 is 10.8 Å². The molecule has 2 N–H and O–H groups in total. The lowest BCUT2D eigenvalue weighted by molar-refractivity contribution is -0.384. The minimum atomic E-state index is -0.726. The first-order chi connectivity index (χ1) is 14.7. The Kier molecular flexibility index (Phi) is 7.79. The fourth-order valence-electron chi connectivity index (χ4n) is 2.50. The van der Waals surface area contributed by atoms with Crippen LogP contribution in [-0.4, -0.2) is 21.7 Å². The largest absolute Gasteiger partial charge is 0.507 e. The monoisotopic (exact) mass is 464 g/mol. The van der Waals surface area contributed by atoms with E-state index in [2.05, 4.69) is 5.32 Å². The van der Waals surface area contributed by atoms with Crippen molar-refractivity contribution in [2.24, 2.45) is 0 Å². The van der Waals surface area contributed by atoms with Gasteiger partial charge in [0, 0.05) is 17.7 Å². The van der Waals surface area contributed by atoms with Gasteiger partial charge in [0.15, 0.2) is 5.78 Å². The number of furan rings is 1. The number of carbonyl (C=O) groups is 2. The van der Waals surface area contributed by atoms with Gasteiger partial charge in [0.05, 0.1) is 31.8 Å². The van der Waals surface area contributed by atoms with Crippen LogP contribution in [0.3, 0.4) is 0 Å². The number of benzene rings is 2. The molecule has 3 rings (SSSR count). The molecule has 0 bridgehead atoms. The first kappa shape index (κ1) is 23.9. The molecule has 1 heterocycles. The molecule has 31 heavy (non-hydrogen) atoms. The second-order valence-corrected chi connectivity index (χ2v) is 6.79. The van der Waals surface area contributed by atoms with E-state index in [0.717, 1.165) is 6.07 Å². The first-order valence-corrected chi connectivity index (χ1v) is 9.80. The average molecular weight is 465 g/mol. The average Bonchev–Trinajstić information content (AvgIpc) is 3.22. The van der Waals surface area contributed by atoms with Gasteiger partial charge in [-0.15, -0.1) is 0 Å². The number of ketones is 1. The van der Waals surface area contributed by atoms with Crippen LogP contribution < -0.4 is 5.32 Å². The van der Waals surface area contributed by atoms with Gasteiger partial charge in [-0.2, -0.15) is 0 Å². The number of amides is 1. The van der Waals surface area contributed by atoms with E-state index >= 15 is 0 Å². The molecule has 0 aliphatic carbocycles. The number of Topliss-reactive ketones (excluding diaryl/α,β-unsaturated/α-hetero) is 1. The second-order valence-electron chi connectivity index (χ2n) is 5.98. The van der Waals surface area contributed by atoms with Crippen molar-refractivity contribution in [2.45, 2.75) is 20.8 Å². The van der Waals surface area contributed by atoms with Crippen LogP contribution in [-0.2, 0) is 0 Å². The molecule has 0 saturated carbocycles. The molecule has 0 unspecified atom stereocenters. The van der Waals surface area contributed by atoms with Crippen LogP contribution >= 0.6 is 23.2 Å². The van der Waals surface area contributed by atoms with Crippen molar-refractivity contribution in [2.75, 3.05) is 5.32 Å². The number of rotatable bonds is 5. The van der Waals surface area contributed by atoms with Gasteiger partial charge < -0.3 is 14.8 Å². The van der Waals surface area contributed by atoms with E-state index in [1.54, 1.807) is 0 Å². The van der Waals surface area contributed by atoms with Crippen LogP contribution in [0.1, 0.15) is 41.5 Å². The predicted molar refractivity (Wildman–Crippen MR) is 118 cm³/mol. The Balaban J connectivity index is 0.00000166. The lowest BCUT2D eigenvalue weighted by atomic mass is 10.1. The number of hydrogen-bond donors (Lipinski definition) is 2. The predicted octanol–water partition coefficient (Wildman–Crippen LogP) is 6.35. The number of phenols is 1. The summed E-state index contributed by atoms with van der Waals surface area (Å²) in [5.74, 6) is -1.06. The van der Waals surface area contributed by atoms with Crippen molar-refractivity contribution in [1.29, 1.82) is 0 Å². The Morgan fingerprint density at radius 3 is 2.32 bits per heavy atom. The molecule has 0 saturated heterocycles. The molecule has 0 spiro atoms. The smallest absolute Gasteiger partial charge is 0.271 e. The zero-order valence-electron chi connectivity index (χ0n) is 16.7. The Labute approximate surface area is 187 Å². The molecule has 2 aromatic carbocycles. The first-order valence-electron chi connectivity index (χ1n) is 9.05. The van der Waals surface area contributed by atoms with Crippen molar-refractivity contribution in [3.05, 3.63) is 73.9 Å². The van der Waals surface area contributed by atoms with E-state index in [1.807, 2.05) is 13.8 Å². The van der Waals surface area contributed by atoms with Crippen molar-refractivity contribution in [3.63, 3.8) is 0 Å². The van der Waals surface area contributed by atoms with Crippen LogP contribution in [0.2, 0.25) is 10.0 Å². The van der Waals surface area contributed by atoms with Crippen LogP contribution in [0.5, 0.6) is 5.75 Å². The fraction of sp³-hybridized carbons (Fsp3) is 0.143. The summed E-state index contributed by atoms with van der Waals surface area (Å²) in [6, 6.07) is 7.49. The number of phenolic OH excluding ortho intramolecular Hbond substituents is 1. The third-order valence-corrected chi connectivity index (χ3v) is 4.64. The SMILES string of the molecule is CC.CC(=O)c1coc(-c2cc(O)c(C(=O)Nc3ccc([N+](=O)[O-])cc3Cl)cc2Cl)c1. The standard InChI is InChI=1S/C19H12Cl2N2O6.C2H6/c1-9(24)10-4-18(29-8-10)12-7-17(25)13(6-14(12)20)19(26)22-16-3-2-11(23(27)28)5-15(16)21;1-2/h2-8,25H,1H3,(H,22,26);1-2H3. The number of nitro benzene ring substituents is 1. The lowest BCUT2D eigenvalue weighted by Crippen LogP contribution is -2.12. The fourth-order valence-corrected chi connectivity index (χ4v) is 2.98. The highest BCUT2D eigenvalue weighted by atomic mass is 35.5. The second kappa shape index (κ2) is 10.1. The molecule has 162 valence electrons. The number of carbonyl (C=O) groups excluding carboxylic acids is 2. The molecule has 0 fully saturated rings. The summed E-state index contributed by atoms with van der Waals surface area (Å²) >= 11 is 12.2. The van der Waals surface area contributed by atoms with E-state index in [9.17, 15) is 24.8 Å². The minimum Gasteiger partial charge on any atom is -0.507 e. The number of anilines is 1. The molecule has 8 nitrogen and oxygen atoms in total. The Bertz CT molecular complexity index is 1160. The number of nitro groups is 1. The molecule has 0 aliphatic heterocycles. The molecule has 1 amide bonds. The van der Waals surface area contributed by atoms with Crippen molar-refractivity contribution < 1.29 is 24.0 Å². The summed E-state index contributed by atoms with van der Waals surface area (Å²) in [5.41, 5.74) is 0.379. The molecule has 1 aromatic heterocycles. The number of aromatic hydroxyl groups is 1. The van der Waals surface area contributed by atoms with Crippen LogP contribution in [0.15, 0.2) is 47.1 Å². The Morgan fingerprint density at radius 1 is 1.10 bits per heavy atom. The highest BCUT2D eigenvalue weighted by Crippen LogP contribution is 2.35. The maximum atomic E-state index is 12.5. The van der Waals surface area contributed by atoms with Gasteiger partial charge in [-0.25, -0.2) is 0 Å². The van der Waals surface area contributed by atoms with Gasteiger partial charge in [0.2, 0.25) is 0 Å². The molecular formula is C21H18Cl2N2O6. The number of hydrogen-bond acceptors (Lipinski definition) is 6. The number of nitrogens with zero attached hydrogens (tertiary/aromatic N) is 1. The molecule has 0 atom stereocenters. The van der Waals surface area contributed by atoms with E-state index in [1.165, 1.54) is 43.5 Å². The summed E-state index contributed by atoms with van der Waals surface area (Å²) in [6.45, 7) is 5.38. The van der Waals surface area contributed by atoms with Crippen molar-refractivity contribution in [1.82, 2.24) is 0 Å². The minimum absolute atomic E-state index is 0.0397. The van der Waals surface area contributed by atoms with E-state index in [-0.39, 0.29) is 44.3 Å². The van der Waals surface area contributed by atoms with Crippen molar-refractivity contribution in [3.8, 4) is 17.1 Å². The van der Waals surface area contributed by atoms with Gasteiger partial charge >= 0.3 is 0 Å². The third kappa shape index (κ3) is 5.42. The highest BCUT2D eigenvalue weighted by molar-refractivity contribution is 6.35. The molecule has 0 radical (unpaired) electrons. The van der Waals surface area contributed by atoms with Crippen LogP contribution in [0, 0.1) is 10.1 Å². The molecule has 10 heteroatoms. The molecular weight excluding hydrogens is 447 g/mol. The topological polar surface area (TPSA) is 123 Å². The Morgan fingerprint density at radius 2 is 1.77 bits per heavy atom. The van der Waals surface area contributed by atoms with E-state index in [4.69, 9.17) is 27.6 Å². The summed E-state index contributed by atoms with van der Waals surface area (Å²) in [6.07, 6.45) is 1.27. The van der Waals surface area contributed by atoms with E-state index in [0.29, 0.717) is 11.1 Å². The summed E-state index contributed by atoms with van der Waals surface area (Å²) < 4.78 is 5.30. The maximum absolute atomic E-state index is 12.5.